The van der Waals surface area contributed by atoms with Gasteiger partial charge in [0, 0.05) is 0 Å². The van der Waals surface area contributed by atoms with Gasteiger partial charge in [-0.3, -0.25) is 0 Å². The molecule has 0 aromatic rings. The van der Waals surface area contributed by atoms with Crippen molar-refractivity contribution in [2.24, 2.45) is 5.92 Å². The molecule has 0 amide bonds. The van der Waals surface area contributed by atoms with Gasteiger partial charge >= 0.3 is 0 Å². The minimum absolute atomic E-state index is 0.643. The van der Waals surface area contributed by atoms with Gasteiger partial charge in [0.15, 0.2) is 0 Å². The molecule has 0 fully saturated rings. The molecule has 0 spiro atoms. The van der Waals surface area contributed by atoms with Gasteiger partial charge in [-0.2, -0.15) is 0 Å². The number of hydrogen-bond donors (Lipinski definition) is 0. The SMILES string of the molecule is C=CC([CH]CCC)CC. The topological polar surface area (TPSA) is 0 Å². The summed E-state index contributed by atoms with van der Waals surface area (Å²) in [7, 11) is 0. The maximum Gasteiger partial charge on any atom is -0.0208 e. The molecule has 0 heterocycles. The van der Waals surface area contributed by atoms with E-state index in [9.17, 15) is 0 Å². The number of allylic oxidation sites excluding steroid dienone is 1. The standard InChI is InChI=1S/C9H17/c1-4-7-8-9(5-2)6-3/h5,8-9H,2,4,6-7H2,1,3H3. The highest BCUT2D eigenvalue weighted by molar-refractivity contribution is 4.88. The zero-order valence-electron chi connectivity index (χ0n) is 6.56. The van der Waals surface area contributed by atoms with Crippen LogP contribution in [-0.2, 0) is 0 Å². The second kappa shape index (κ2) is 5.87. The van der Waals surface area contributed by atoms with E-state index in [1.165, 1.54) is 19.3 Å². The normalized spacial score (nSPS) is 13.1. The van der Waals surface area contributed by atoms with Gasteiger partial charge in [0.1, 0.15) is 0 Å². The van der Waals surface area contributed by atoms with Crippen LogP contribution in [0.4, 0.5) is 0 Å². The fourth-order valence-corrected chi connectivity index (χ4v) is 0.810. The lowest BCUT2D eigenvalue weighted by Gasteiger charge is -2.05. The van der Waals surface area contributed by atoms with Crippen LogP contribution in [0.1, 0.15) is 33.1 Å². The van der Waals surface area contributed by atoms with Crippen molar-refractivity contribution in [1.29, 1.82) is 0 Å². The molecule has 0 saturated carbocycles. The lowest BCUT2D eigenvalue weighted by molar-refractivity contribution is 0.670. The Balaban J connectivity index is 3.20. The monoisotopic (exact) mass is 125 g/mol. The second-order valence-corrected chi connectivity index (χ2v) is 2.33. The van der Waals surface area contributed by atoms with Crippen molar-refractivity contribution in [3.63, 3.8) is 0 Å². The molecule has 0 heteroatoms. The van der Waals surface area contributed by atoms with E-state index in [4.69, 9.17) is 0 Å². The summed E-state index contributed by atoms with van der Waals surface area (Å²) in [6.45, 7) is 8.15. The maximum atomic E-state index is 3.75. The lowest BCUT2D eigenvalue weighted by Crippen LogP contribution is -1.93. The molecule has 0 rings (SSSR count). The van der Waals surface area contributed by atoms with E-state index in [0.29, 0.717) is 5.92 Å². The van der Waals surface area contributed by atoms with Gasteiger partial charge in [-0.05, 0) is 25.2 Å². The van der Waals surface area contributed by atoms with Crippen LogP contribution in [0.25, 0.3) is 0 Å². The van der Waals surface area contributed by atoms with Crippen LogP contribution in [-0.4, -0.2) is 0 Å². The molecule has 1 unspecified atom stereocenters. The summed E-state index contributed by atoms with van der Waals surface area (Å²) in [4.78, 5) is 0. The molecule has 0 aromatic heterocycles. The Kier molecular flexibility index (Phi) is 5.70. The Labute approximate surface area is 59.0 Å². The molecule has 1 atom stereocenters. The van der Waals surface area contributed by atoms with Gasteiger partial charge < -0.3 is 0 Å². The van der Waals surface area contributed by atoms with Gasteiger partial charge in [-0.1, -0.05) is 26.3 Å². The summed E-state index contributed by atoms with van der Waals surface area (Å²) in [5, 5.41) is 0. The molecule has 0 aliphatic rings. The maximum absolute atomic E-state index is 3.75. The second-order valence-electron chi connectivity index (χ2n) is 2.33. The van der Waals surface area contributed by atoms with Crippen molar-refractivity contribution >= 4 is 0 Å². The Morgan fingerprint density at radius 1 is 1.44 bits per heavy atom. The van der Waals surface area contributed by atoms with E-state index >= 15 is 0 Å². The van der Waals surface area contributed by atoms with E-state index in [2.05, 4.69) is 26.8 Å². The van der Waals surface area contributed by atoms with Crippen LogP contribution in [0.15, 0.2) is 12.7 Å². The van der Waals surface area contributed by atoms with E-state index in [-0.39, 0.29) is 0 Å². The van der Waals surface area contributed by atoms with Gasteiger partial charge in [-0.15, -0.1) is 6.58 Å². The minimum atomic E-state index is 0.643. The molecule has 0 saturated heterocycles. The summed E-state index contributed by atoms with van der Waals surface area (Å²) in [5.74, 6) is 0.643. The zero-order valence-corrected chi connectivity index (χ0v) is 6.56. The first kappa shape index (κ1) is 8.74. The third kappa shape index (κ3) is 4.26. The molecule has 0 N–H and O–H groups in total. The number of unbranched alkanes of at least 4 members (excludes halogenated alkanes) is 1. The van der Waals surface area contributed by atoms with Gasteiger partial charge in [0.2, 0.25) is 0 Å². The molecule has 0 nitrogen and oxygen atoms in total. The van der Waals surface area contributed by atoms with E-state index in [1.807, 2.05) is 6.08 Å². The van der Waals surface area contributed by atoms with Crippen molar-refractivity contribution in [3.8, 4) is 0 Å². The van der Waals surface area contributed by atoms with Crippen LogP contribution in [0, 0.1) is 12.3 Å². The zero-order chi connectivity index (χ0) is 7.11. The summed E-state index contributed by atoms with van der Waals surface area (Å²) in [6, 6.07) is 0. The highest BCUT2D eigenvalue weighted by Gasteiger charge is 1.97. The highest BCUT2D eigenvalue weighted by atomic mass is 14.0. The fourth-order valence-electron chi connectivity index (χ4n) is 0.810. The van der Waals surface area contributed by atoms with E-state index in [0.717, 1.165) is 0 Å². The molecule has 0 aliphatic carbocycles. The first-order valence-electron chi connectivity index (χ1n) is 3.81. The molecule has 0 bridgehead atoms. The summed E-state index contributed by atoms with van der Waals surface area (Å²) in [6.07, 6.45) is 8.04. The third-order valence-electron chi connectivity index (χ3n) is 1.53. The summed E-state index contributed by atoms with van der Waals surface area (Å²) in [5.41, 5.74) is 0. The average Bonchev–Trinajstić information content (AvgIpc) is 1.91. The largest absolute Gasteiger partial charge is 0.103 e. The lowest BCUT2D eigenvalue weighted by atomic mass is 10.00. The van der Waals surface area contributed by atoms with E-state index in [1.54, 1.807) is 0 Å². The van der Waals surface area contributed by atoms with Crippen molar-refractivity contribution in [1.82, 2.24) is 0 Å². The van der Waals surface area contributed by atoms with E-state index < -0.39 is 0 Å². The molecule has 1 radical (unpaired) electrons. The fraction of sp³-hybridized carbons (Fsp3) is 0.667. The van der Waals surface area contributed by atoms with Gasteiger partial charge in [0.25, 0.3) is 0 Å². The Hall–Kier alpha value is -0.260. The predicted octanol–water partition coefficient (Wildman–Crippen LogP) is 3.20. The van der Waals surface area contributed by atoms with Crippen molar-refractivity contribution in [2.75, 3.05) is 0 Å². The summed E-state index contributed by atoms with van der Waals surface area (Å²) >= 11 is 0. The van der Waals surface area contributed by atoms with Crippen LogP contribution < -0.4 is 0 Å². The number of rotatable bonds is 5. The average molecular weight is 125 g/mol. The molecular weight excluding hydrogens is 108 g/mol. The van der Waals surface area contributed by atoms with Crippen molar-refractivity contribution in [3.05, 3.63) is 19.1 Å². The highest BCUT2D eigenvalue weighted by Crippen LogP contribution is 2.10. The van der Waals surface area contributed by atoms with Gasteiger partial charge in [0.05, 0.1) is 0 Å². The summed E-state index contributed by atoms with van der Waals surface area (Å²) < 4.78 is 0. The third-order valence-corrected chi connectivity index (χ3v) is 1.53. The predicted molar refractivity (Wildman–Crippen MR) is 43.2 cm³/mol. The van der Waals surface area contributed by atoms with Crippen molar-refractivity contribution in [2.45, 2.75) is 33.1 Å². The van der Waals surface area contributed by atoms with Crippen LogP contribution in [0.2, 0.25) is 0 Å². The Morgan fingerprint density at radius 2 is 2.11 bits per heavy atom. The van der Waals surface area contributed by atoms with Crippen molar-refractivity contribution < 1.29 is 0 Å². The minimum Gasteiger partial charge on any atom is -0.103 e. The van der Waals surface area contributed by atoms with Crippen LogP contribution in [0.5, 0.6) is 0 Å². The first-order valence-corrected chi connectivity index (χ1v) is 3.81. The first-order chi connectivity index (χ1) is 4.35. The smallest absolute Gasteiger partial charge is 0.0208 e. The van der Waals surface area contributed by atoms with Crippen LogP contribution in [0.3, 0.4) is 0 Å². The molecule has 0 aliphatic heterocycles. The molecule has 0 aromatic carbocycles. The quantitative estimate of drug-likeness (QED) is 0.495. The Bertz CT molecular complexity index is 64.4. The molecule has 9 heavy (non-hydrogen) atoms. The number of hydrogen-bond acceptors (Lipinski definition) is 0. The Morgan fingerprint density at radius 3 is 2.44 bits per heavy atom. The van der Waals surface area contributed by atoms with Gasteiger partial charge in [-0.25, -0.2) is 0 Å². The van der Waals surface area contributed by atoms with Crippen LogP contribution >= 0.6 is 0 Å². The molecule has 53 valence electrons. The molecular formula is C9H17.